The number of ether oxygens (including phenoxy) is 1. The minimum absolute atomic E-state index is 0.102. The number of nitrogens with two attached hydrogens (primary N) is 1. The molecule has 0 fully saturated rings. The third kappa shape index (κ3) is 3.91. The second-order valence-corrected chi connectivity index (χ2v) is 4.27. The van der Waals surface area contributed by atoms with Crippen LogP contribution in [0.15, 0.2) is 18.2 Å². The van der Waals surface area contributed by atoms with E-state index in [9.17, 15) is 0 Å². The van der Waals surface area contributed by atoms with E-state index in [1.807, 2.05) is 6.92 Å². The van der Waals surface area contributed by atoms with E-state index in [1.165, 1.54) is 0 Å². The van der Waals surface area contributed by atoms with Crippen LogP contribution in [0, 0.1) is 5.41 Å². The van der Waals surface area contributed by atoms with Crippen LogP contribution in [0.4, 0.5) is 0 Å². The Hall–Kier alpha value is -0.930. The predicted molar refractivity (Wildman–Crippen MR) is 67.7 cm³/mol. The molecule has 1 rings (SSSR count). The van der Waals surface area contributed by atoms with Crippen molar-refractivity contribution in [3.63, 3.8) is 0 Å². The monoisotopic (exact) mass is 260 g/mol. The lowest BCUT2D eigenvalue weighted by Gasteiger charge is -2.17. The molecule has 88 valence electrons. The van der Waals surface area contributed by atoms with Gasteiger partial charge in [0.05, 0.1) is 15.9 Å². The second kappa shape index (κ2) is 5.97. The highest BCUT2D eigenvalue weighted by Gasteiger charge is 2.10. The Bertz CT molecular complexity index is 382. The average Bonchev–Trinajstić information content (AvgIpc) is 2.22. The van der Waals surface area contributed by atoms with Crippen molar-refractivity contribution in [1.29, 1.82) is 5.41 Å². The van der Waals surface area contributed by atoms with Gasteiger partial charge in [0, 0.05) is 12.5 Å². The quantitative estimate of drug-likeness (QED) is 0.629. The standard InChI is InChI=1S/C11H14Cl2N2O/c1-2-7(6-11(14)15)16-8-3-4-9(12)10(13)5-8/h3-5,7H,2,6H2,1H3,(H3,14,15). The molecule has 3 N–H and O–H groups in total. The third-order valence-corrected chi connectivity index (χ3v) is 2.84. The van der Waals surface area contributed by atoms with Gasteiger partial charge in [-0.2, -0.15) is 0 Å². The summed E-state index contributed by atoms with van der Waals surface area (Å²) in [5.41, 5.74) is 5.33. The van der Waals surface area contributed by atoms with Gasteiger partial charge in [0.1, 0.15) is 11.9 Å². The Morgan fingerprint density at radius 1 is 1.44 bits per heavy atom. The SMILES string of the molecule is CCC(CC(=N)N)Oc1ccc(Cl)c(Cl)c1. The summed E-state index contributed by atoms with van der Waals surface area (Å²) in [5.74, 6) is 0.759. The first-order valence-corrected chi connectivity index (χ1v) is 5.73. The molecule has 0 saturated carbocycles. The molecule has 0 aliphatic carbocycles. The van der Waals surface area contributed by atoms with Crippen molar-refractivity contribution in [2.75, 3.05) is 0 Å². The minimum atomic E-state index is -0.102. The van der Waals surface area contributed by atoms with Gasteiger partial charge in [0.25, 0.3) is 0 Å². The highest BCUT2D eigenvalue weighted by molar-refractivity contribution is 6.42. The van der Waals surface area contributed by atoms with Crippen LogP contribution in [0.25, 0.3) is 0 Å². The summed E-state index contributed by atoms with van der Waals surface area (Å²) in [6.07, 6.45) is 1.09. The molecular weight excluding hydrogens is 247 g/mol. The molecule has 0 radical (unpaired) electrons. The van der Waals surface area contributed by atoms with Crippen molar-refractivity contribution in [2.45, 2.75) is 25.9 Å². The van der Waals surface area contributed by atoms with Crippen molar-refractivity contribution in [3.05, 3.63) is 28.2 Å². The Morgan fingerprint density at radius 3 is 2.62 bits per heavy atom. The second-order valence-electron chi connectivity index (χ2n) is 3.45. The molecule has 0 aromatic heterocycles. The molecule has 0 amide bonds. The zero-order valence-electron chi connectivity index (χ0n) is 8.97. The molecule has 1 atom stereocenters. The van der Waals surface area contributed by atoms with Gasteiger partial charge >= 0.3 is 0 Å². The van der Waals surface area contributed by atoms with Gasteiger partial charge in [0.2, 0.25) is 0 Å². The number of halogens is 2. The van der Waals surface area contributed by atoms with Crippen LogP contribution in [-0.4, -0.2) is 11.9 Å². The van der Waals surface area contributed by atoms with Crippen LogP contribution in [0.3, 0.4) is 0 Å². The van der Waals surface area contributed by atoms with Crippen LogP contribution >= 0.6 is 23.2 Å². The van der Waals surface area contributed by atoms with Crippen molar-refractivity contribution in [3.8, 4) is 5.75 Å². The van der Waals surface area contributed by atoms with E-state index in [0.29, 0.717) is 22.2 Å². The van der Waals surface area contributed by atoms with E-state index in [4.69, 9.17) is 39.1 Å². The largest absolute Gasteiger partial charge is 0.490 e. The Balaban J connectivity index is 2.70. The Kier molecular flexibility index (Phi) is 4.90. The van der Waals surface area contributed by atoms with Crippen molar-refractivity contribution >= 4 is 29.0 Å². The van der Waals surface area contributed by atoms with Crippen molar-refractivity contribution in [2.24, 2.45) is 5.73 Å². The third-order valence-electron chi connectivity index (χ3n) is 2.10. The Labute approximate surface area is 105 Å². The zero-order chi connectivity index (χ0) is 12.1. The molecule has 1 unspecified atom stereocenters. The van der Waals surface area contributed by atoms with Gasteiger partial charge in [-0.3, -0.25) is 5.41 Å². The summed E-state index contributed by atoms with van der Waals surface area (Å²) < 4.78 is 5.65. The van der Waals surface area contributed by atoms with Crippen molar-refractivity contribution < 1.29 is 4.74 Å². The molecule has 16 heavy (non-hydrogen) atoms. The molecule has 0 spiro atoms. The first-order chi connectivity index (χ1) is 7.52. The highest BCUT2D eigenvalue weighted by Crippen LogP contribution is 2.27. The van der Waals surface area contributed by atoms with E-state index in [2.05, 4.69) is 0 Å². The number of nitrogens with one attached hydrogen (secondary N) is 1. The van der Waals surface area contributed by atoms with Crippen LogP contribution in [-0.2, 0) is 0 Å². The molecule has 0 aliphatic heterocycles. The highest BCUT2D eigenvalue weighted by atomic mass is 35.5. The normalized spacial score (nSPS) is 12.2. The average molecular weight is 261 g/mol. The number of hydrogen-bond donors (Lipinski definition) is 2. The topological polar surface area (TPSA) is 59.1 Å². The lowest BCUT2D eigenvalue weighted by molar-refractivity contribution is 0.204. The molecule has 3 nitrogen and oxygen atoms in total. The summed E-state index contributed by atoms with van der Waals surface area (Å²) in [4.78, 5) is 0. The maximum Gasteiger partial charge on any atom is 0.121 e. The maximum atomic E-state index is 7.22. The van der Waals surface area contributed by atoms with E-state index >= 15 is 0 Å². The van der Waals surface area contributed by atoms with Gasteiger partial charge < -0.3 is 10.5 Å². The molecule has 1 aromatic rings. The molecular formula is C11H14Cl2N2O. The van der Waals surface area contributed by atoms with Gasteiger partial charge in [-0.05, 0) is 18.6 Å². The summed E-state index contributed by atoms with van der Waals surface area (Å²) in [6.45, 7) is 1.98. The molecule has 0 heterocycles. The molecule has 0 saturated heterocycles. The lowest BCUT2D eigenvalue weighted by Crippen LogP contribution is -2.23. The summed E-state index contributed by atoms with van der Waals surface area (Å²) in [7, 11) is 0. The Morgan fingerprint density at radius 2 is 2.12 bits per heavy atom. The lowest BCUT2D eigenvalue weighted by atomic mass is 10.2. The smallest absolute Gasteiger partial charge is 0.121 e. The van der Waals surface area contributed by atoms with Gasteiger partial charge in [-0.25, -0.2) is 0 Å². The van der Waals surface area contributed by atoms with Crippen LogP contribution in [0.2, 0.25) is 10.0 Å². The van der Waals surface area contributed by atoms with Crippen molar-refractivity contribution in [1.82, 2.24) is 0 Å². The first-order valence-electron chi connectivity index (χ1n) is 4.97. The van der Waals surface area contributed by atoms with E-state index in [1.54, 1.807) is 18.2 Å². The fraction of sp³-hybridized carbons (Fsp3) is 0.364. The summed E-state index contributed by atoms with van der Waals surface area (Å²) in [5, 5.41) is 8.17. The van der Waals surface area contributed by atoms with Crippen LogP contribution in [0.5, 0.6) is 5.75 Å². The molecule has 1 aromatic carbocycles. The predicted octanol–water partition coefficient (Wildman–Crippen LogP) is 3.48. The fourth-order valence-electron chi connectivity index (χ4n) is 1.26. The van der Waals surface area contributed by atoms with E-state index in [-0.39, 0.29) is 11.9 Å². The van der Waals surface area contributed by atoms with Gasteiger partial charge in [-0.15, -0.1) is 0 Å². The number of hydrogen-bond acceptors (Lipinski definition) is 2. The van der Waals surface area contributed by atoms with Crippen LogP contribution < -0.4 is 10.5 Å². The van der Waals surface area contributed by atoms with Crippen LogP contribution in [0.1, 0.15) is 19.8 Å². The van der Waals surface area contributed by atoms with Gasteiger partial charge in [-0.1, -0.05) is 30.1 Å². The fourth-order valence-corrected chi connectivity index (χ4v) is 1.55. The molecule has 0 bridgehead atoms. The van der Waals surface area contributed by atoms with E-state index < -0.39 is 0 Å². The minimum Gasteiger partial charge on any atom is -0.490 e. The summed E-state index contributed by atoms with van der Waals surface area (Å²) in [6, 6.07) is 5.09. The number of rotatable bonds is 5. The summed E-state index contributed by atoms with van der Waals surface area (Å²) >= 11 is 11.7. The number of amidine groups is 1. The molecule has 0 aliphatic rings. The maximum absolute atomic E-state index is 7.22. The number of benzene rings is 1. The first kappa shape index (κ1) is 13.1. The van der Waals surface area contributed by atoms with E-state index in [0.717, 1.165) is 6.42 Å². The zero-order valence-corrected chi connectivity index (χ0v) is 10.5. The molecule has 5 heteroatoms. The van der Waals surface area contributed by atoms with Gasteiger partial charge in [0.15, 0.2) is 0 Å².